The lowest BCUT2D eigenvalue weighted by atomic mass is 9.98. The predicted octanol–water partition coefficient (Wildman–Crippen LogP) is 1.43. The normalized spacial score (nSPS) is 16.0. The number of piperidine rings is 1. The fraction of sp³-hybridized carbons (Fsp3) is 0.462. The molecule has 1 saturated heterocycles. The molecule has 0 unspecified atom stereocenters. The second-order valence-corrected chi connectivity index (χ2v) is 5.10. The van der Waals surface area contributed by atoms with Crippen LogP contribution in [0.25, 0.3) is 0 Å². The number of benzene rings is 1. The molecule has 1 heterocycles. The number of nitrogens with zero attached hydrogens (tertiary/aromatic N) is 2. The molecule has 0 atom stereocenters. The van der Waals surface area contributed by atoms with E-state index in [1.807, 2.05) is 10.3 Å². The molecule has 0 aromatic heterocycles. The Hall–Kier alpha value is -2.15. The number of carbonyl (C=O) groups excluding carboxylic acids is 1. The summed E-state index contributed by atoms with van der Waals surface area (Å²) in [4.78, 5) is 24.2. The number of nitro groups is 1. The highest BCUT2D eigenvalue weighted by Gasteiger charge is 2.24. The molecule has 0 saturated carbocycles. The number of nitrogens with one attached hydrogen (secondary N) is 1. The fourth-order valence-corrected chi connectivity index (χ4v) is 2.41. The van der Waals surface area contributed by atoms with E-state index in [2.05, 4.69) is 6.92 Å². The van der Waals surface area contributed by atoms with Crippen molar-refractivity contribution >= 4 is 17.3 Å². The van der Waals surface area contributed by atoms with Crippen LogP contribution in [0.2, 0.25) is 0 Å². The van der Waals surface area contributed by atoms with Gasteiger partial charge in [0.25, 0.3) is 11.6 Å². The molecule has 20 heavy (non-hydrogen) atoms. The summed E-state index contributed by atoms with van der Waals surface area (Å²) in [5.41, 5.74) is 2.68. The Balaban J connectivity index is 2.33. The van der Waals surface area contributed by atoms with E-state index in [9.17, 15) is 14.9 Å². The van der Waals surface area contributed by atoms with Crippen molar-refractivity contribution in [2.24, 2.45) is 11.8 Å². The Morgan fingerprint density at radius 3 is 2.65 bits per heavy atom. The van der Waals surface area contributed by atoms with Crippen LogP contribution in [0.15, 0.2) is 18.2 Å². The molecule has 1 aromatic rings. The van der Waals surface area contributed by atoms with Crippen LogP contribution in [-0.4, -0.2) is 23.9 Å². The third kappa shape index (κ3) is 2.88. The minimum Gasteiger partial charge on any atom is -0.366 e. The van der Waals surface area contributed by atoms with Crippen LogP contribution in [0, 0.1) is 16.0 Å². The number of nitrogen functional groups attached to an aromatic ring is 1. The predicted molar refractivity (Wildman–Crippen MR) is 75.4 cm³/mol. The van der Waals surface area contributed by atoms with Crippen molar-refractivity contribution < 1.29 is 9.72 Å². The van der Waals surface area contributed by atoms with Crippen molar-refractivity contribution in [2.75, 3.05) is 18.0 Å². The minimum atomic E-state index is -0.535. The van der Waals surface area contributed by atoms with Gasteiger partial charge in [0.1, 0.15) is 5.69 Å². The van der Waals surface area contributed by atoms with Crippen LogP contribution >= 0.6 is 0 Å². The van der Waals surface area contributed by atoms with E-state index < -0.39 is 10.8 Å². The number of hydrogen-bond donors (Lipinski definition) is 2. The second-order valence-electron chi connectivity index (χ2n) is 5.10. The first-order valence-electron chi connectivity index (χ1n) is 6.57. The first-order valence-corrected chi connectivity index (χ1v) is 6.57. The number of anilines is 1. The number of hydrazine groups is 1. The highest BCUT2D eigenvalue weighted by Crippen LogP contribution is 2.32. The van der Waals surface area contributed by atoms with Crippen LogP contribution in [0.5, 0.6) is 0 Å². The molecule has 1 fully saturated rings. The zero-order chi connectivity index (χ0) is 14.7. The molecular weight excluding hydrogens is 260 g/mol. The van der Waals surface area contributed by atoms with E-state index in [4.69, 9.17) is 5.84 Å². The number of nitrogens with two attached hydrogens (primary N) is 1. The van der Waals surface area contributed by atoms with E-state index in [-0.39, 0.29) is 11.3 Å². The first kappa shape index (κ1) is 14.3. The molecule has 1 aliphatic rings. The van der Waals surface area contributed by atoms with E-state index in [1.165, 1.54) is 6.07 Å². The van der Waals surface area contributed by atoms with Crippen LogP contribution in [0.4, 0.5) is 11.4 Å². The molecule has 0 spiro atoms. The van der Waals surface area contributed by atoms with Crippen LogP contribution < -0.4 is 16.2 Å². The molecule has 1 amide bonds. The van der Waals surface area contributed by atoms with Gasteiger partial charge in [-0.3, -0.25) is 20.3 Å². The Morgan fingerprint density at radius 1 is 1.45 bits per heavy atom. The number of hydrogen-bond acceptors (Lipinski definition) is 5. The lowest BCUT2D eigenvalue weighted by molar-refractivity contribution is -0.384. The third-order valence-electron chi connectivity index (χ3n) is 3.69. The van der Waals surface area contributed by atoms with Crippen molar-refractivity contribution in [3.63, 3.8) is 0 Å². The van der Waals surface area contributed by atoms with E-state index in [1.54, 1.807) is 12.1 Å². The molecule has 0 bridgehead atoms. The van der Waals surface area contributed by atoms with Gasteiger partial charge < -0.3 is 4.90 Å². The molecule has 7 nitrogen and oxygen atoms in total. The van der Waals surface area contributed by atoms with Crippen molar-refractivity contribution in [1.82, 2.24) is 5.43 Å². The van der Waals surface area contributed by atoms with Gasteiger partial charge in [0.15, 0.2) is 0 Å². The van der Waals surface area contributed by atoms with Crippen molar-refractivity contribution in [1.29, 1.82) is 0 Å². The molecule has 0 radical (unpaired) electrons. The van der Waals surface area contributed by atoms with E-state index in [0.717, 1.165) is 25.9 Å². The summed E-state index contributed by atoms with van der Waals surface area (Å²) >= 11 is 0. The fourth-order valence-electron chi connectivity index (χ4n) is 2.41. The monoisotopic (exact) mass is 278 g/mol. The standard InChI is InChI=1S/C13H18N4O3/c1-9-4-6-16(7-5-9)11-3-2-10(13(18)15-14)8-12(11)17(19)20/h2-3,8-9H,4-7,14H2,1H3,(H,15,18). The van der Waals surface area contributed by atoms with Crippen LogP contribution in [0.1, 0.15) is 30.1 Å². The van der Waals surface area contributed by atoms with Gasteiger partial charge in [0.2, 0.25) is 0 Å². The molecule has 108 valence electrons. The summed E-state index contributed by atoms with van der Waals surface area (Å²) in [6, 6.07) is 4.46. The van der Waals surface area contributed by atoms with E-state index in [0.29, 0.717) is 11.6 Å². The van der Waals surface area contributed by atoms with Crippen LogP contribution in [-0.2, 0) is 0 Å². The molecular formula is C13H18N4O3. The maximum Gasteiger partial charge on any atom is 0.293 e. The molecule has 3 N–H and O–H groups in total. The summed E-state index contributed by atoms with van der Waals surface area (Å²) in [5.74, 6) is 5.16. The van der Waals surface area contributed by atoms with Gasteiger partial charge in [-0.1, -0.05) is 6.92 Å². The Labute approximate surface area is 116 Å². The minimum absolute atomic E-state index is 0.0550. The van der Waals surface area contributed by atoms with Gasteiger partial charge in [0.05, 0.1) is 4.92 Å². The highest BCUT2D eigenvalue weighted by molar-refractivity contribution is 5.95. The van der Waals surface area contributed by atoms with Gasteiger partial charge in [-0.05, 0) is 30.9 Å². The summed E-state index contributed by atoms with van der Waals surface area (Å²) in [5, 5.41) is 11.2. The Bertz CT molecular complexity index is 524. The largest absolute Gasteiger partial charge is 0.366 e. The smallest absolute Gasteiger partial charge is 0.293 e. The maximum atomic E-state index is 11.4. The lowest BCUT2D eigenvalue weighted by Crippen LogP contribution is -2.33. The first-order chi connectivity index (χ1) is 9.52. The number of amides is 1. The Kier molecular flexibility index (Phi) is 4.19. The van der Waals surface area contributed by atoms with Gasteiger partial charge in [-0.15, -0.1) is 0 Å². The summed E-state index contributed by atoms with van der Waals surface area (Å²) < 4.78 is 0. The van der Waals surface area contributed by atoms with Crippen molar-refractivity contribution in [3.8, 4) is 0 Å². The molecule has 1 aromatic carbocycles. The summed E-state index contributed by atoms with van der Waals surface area (Å²) in [6.45, 7) is 3.77. The quantitative estimate of drug-likeness (QED) is 0.377. The number of carbonyl (C=O) groups is 1. The topological polar surface area (TPSA) is 102 Å². The average molecular weight is 278 g/mol. The molecule has 0 aliphatic carbocycles. The molecule has 1 aliphatic heterocycles. The maximum absolute atomic E-state index is 11.4. The van der Waals surface area contributed by atoms with Crippen LogP contribution in [0.3, 0.4) is 0 Å². The van der Waals surface area contributed by atoms with Gasteiger partial charge in [-0.2, -0.15) is 0 Å². The SMILES string of the molecule is CC1CCN(c2ccc(C(=O)NN)cc2[N+](=O)[O-])CC1. The number of nitro benzene ring substituents is 1. The summed E-state index contributed by atoms with van der Waals surface area (Å²) in [6.07, 6.45) is 2.03. The molecule has 2 rings (SSSR count). The van der Waals surface area contributed by atoms with Crippen molar-refractivity contribution in [2.45, 2.75) is 19.8 Å². The average Bonchev–Trinajstić information content (AvgIpc) is 2.46. The van der Waals surface area contributed by atoms with Gasteiger partial charge in [0, 0.05) is 24.7 Å². The number of rotatable bonds is 3. The van der Waals surface area contributed by atoms with Gasteiger partial charge in [-0.25, -0.2) is 5.84 Å². The van der Waals surface area contributed by atoms with E-state index >= 15 is 0 Å². The molecule has 7 heteroatoms. The van der Waals surface area contributed by atoms with Crippen molar-refractivity contribution in [3.05, 3.63) is 33.9 Å². The zero-order valence-corrected chi connectivity index (χ0v) is 11.3. The third-order valence-corrected chi connectivity index (χ3v) is 3.69. The zero-order valence-electron chi connectivity index (χ0n) is 11.3. The van der Waals surface area contributed by atoms with Gasteiger partial charge >= 0.3 is 0 Å². The summed E-state index contributed by atoms with van der Waals surface area (Å²) in [7, 11) is 0. The Morgan fingerprint density at radius 2 is 2.10 bits per heavy atom. The lowest BCUT2D eigenvalue weighted by Gasteiger charge is -2.31. The second kappa shape index (κ2) is 5.87. The highest BCUT2D eigenvalue weighted by atomic mass is 16.6.